The third-order valence-electron chi connectivity index (χ3n) is 4.69. The Morgan fingerprint density at radius 3 is 2.71 bits per heavy atom. The van der Waals surface area contributed by atoms with Crippen LogP contribution in [-0.4, -0.2) is 40.9 Å². The third kappa shape index (κ3) is 5.56. The fourth-order valence-corrected chi connectivity index (χ4v) is 3.29. The van der Waals surface area contributed by atoms with Gasteiger partial charge >= 0.3 is 0 Å². The number of hydrogen-bond donors (Lipinski definition) is 4. The Bertz CT molecular complexity index is 1110. The number of fused-ring (bicyclic) bond motifs is 1. The molecule has 0 aliphatic heterocycles. The van der Waals surface area contributed by atoms with Crippen LogP contribution < -0.4 is 16.0 Å². The Hall–Kier alpha value is -3.95. The van der Waals surface area contributed by atoms with Gasteiger partial charge in [0.05, 0.1) is 4.92 Å². The number of rotatable bonds is 9. The summed E-state index contributed by atoms with van der Waals surface area (Å²) in [6, 6.07) is 9.71. The fourth-order valence-electron chi connectivity index (χ4n) is 3.29. The zero-order chi connectivity index (χ0) is 22.4. The second kappa shape index (κ2) is 9.70. The van der Waals surface area contributed by atoms with E-state index in [4.69, 9.17) is 0 Å². The fraction of sp³-hybridized carbons (Fsp3) is 0.238. The predicted octanol–water partition coefficient (Wildman–Crippen LogP) is 2.49. The van der Waals surface area contributed by atoms with Gasteiger partial charge in [0.1, 0.15) is 17.5 Å². The first-order chi connectivity index (χ1) is 14.8. The highest BCUT2D eigenvalue weighted by Crippen LogP contribution is 2.23. The molecule has 2 aromatic carbocycles. The number of H-pyrrole nitrogens is 1. The van der Waals surface area contributed by atoms with Crippen molar-refractivity contribution < 1.29 is 18.9 Å². The predicted molar refractivity (Wildman–Crippen MR) is 114 cm³/mol. The lowest BCUT2D eigenvalue weighted by atomic mass is 10.0. The monoisotopic (exact) mass is 427 g/mol. The van der Waals surface area contributed by atoms with Crippen molar-refractivity contribution in [2.75, 3.05) is 18.4 Å². The number of nitrogens with zero attached hydrogens (tertiary/aromatic N) is 1. The summed E-state index contributed by atoms with van der Waals surface area (Å²) in [7, 11) is 0. The van der Waals surface area contributed by atoms with Crippen LogP contribution >= 0.6 is 0 Å². The van der Waals surface area contributed by atoms with Gasteiger partial charge in [-0.15, -0.1) is 0 Å². The number of nitro groups is 1. The van der Waals surface area contributed by atoms with Gasteiger partial charge in [0, 0.05) is 49.6 Å². The first kappa shape index (κ1) is 21.8. The molecule has 0 saturated heterocycles. The van der Waals surface area contributed by atoms with Crippen molar-refractivity contribution in [3.63, 3.8) is 0 Å². The van der Waals surface area contributed by atoms with E-state index in [-0.39, 0.29) is 36.9 Å². The summed E-state index contributed by atoms with van der Waals surface area (Å²) in [5.41, 5.74) is 1.67. The van der Waals surface area contributed by atoms with Gasteiger partial charge in [0.15, 0.2) is 0 Å². The maximum atomic E-state index is 13.4. The number of benzene rings is 2. The molecular formula is C21H22FN5O4. The highest BCUT2D eigenvalue weighted by atomic mass is 19.1. The van der Waals surface area contributed by atoms with Crippen molar-refractivity contribution in [3.8, 4) is 0 Å². The third-order valence-corrected chi connectivity index (χ3v) is 4.69. The molecule has 9 nitrogen and oxygen atoms in total. The lowest BCUT2D eigenvalue weighted by molar-refractivity contribution is -0.384. The number of aromatic amines is 1. The van der Waals surface area contributed by atoms with Crippen LogP contribution in [0.15, 0.2) is 48.7 Å². The second-order valence-electron chi connectivity index (χ2n) is 6.95. The van der Waals surface area contributed by atoms with Gasteiger partial charge in [-0.1, -0.05) is 12.1 Å². The van der Waals surface area contributed by atoms with Gasteiger partial charge in [0.25, 0.3) is 5.69 Å². The summed E-state index contributed by atoms with van der Waals surface area (Å²) < 4.78 is 13.4. The van der Waals surface area contributed by atoms with Crippen molar-refractivity contribution in [1.29, 1.82) is 0 Å². The number of amides is 2. The average molecular weight is 427 g/mol. The molecule has 0 spiro atoms. The standard InChI is InChI=1S/C21H22FN5O4/c1-13(28)26-19(10-14-12-25-18-11-15(22)6-7-16(14)18)21(29)24-9-8-23-17-4-2-3-5-20(17)27(30)31/h2-7,11-12,19,23,25H,8-10H2,1H3,(H,24,29)(H,26,28). The van der Waals surface area contributed by atoms with E-state index in [0.29, 0.717) is 11.2 Å². The van der Waals surface area contributed by atoms with Crippen molar-refractivity contribution in [1.82, 2.24) is 15.6 Å². The van der Waals surface area contributed by atoms with E-state index in [1.165, 1.54) is 25.1 Å². The van der Waals surface area contributed by atoms with E-state index in [1.54, 1.807) is 30.5 Å². The maximum absolute atomic E-state index is 13.4. The van der Waals surface area contributed by atoms with Crippen LogP contribution in [-0.2, 0) is 16.0 Å². The van der Waals surface area contributed by atoms with E-state index in [9.17, 15) is 24.1 Å². The normalized spacial score (nSPS) is 11.7. The van der Waals surface area contributed by atoms with Crippen LogP contribution in [0.5, 0.6) is 0 Å². The topological polar surface area (TPSA) is 129 Å². The molecule has 1 heterocycles. The Morgan fingerprint density at radius 2 is 1.97 bits per heavy atom. The maximum Gasteiger partial charge on any atom is 0.292 e. The zero-order valence-corrected chi connectivity index (χ0v) is 16.8. The minimum atomic E-state index is -0.826. The number of anilines is 1. The first-order valence-corrected chi connectivity index (χ1v) is 9.62. The molecule has 0 bridgehead atoms. The van der Waals surface area contributed by atoms with Gasteiger partial charge in [-0.3, -0.25) is 19.7 Å². The van der Waals surface area contributed by atoms with Gasteiger partial charge in [-0.05, 0) is 29.8 Å². The molecule has 0 aliphatic carbocycles. The Kier molecular flexibility index (Phi) is 6.81. The molecule has 2 amide bonds. The Labute approximate surface area is 177 Å². The Balaban J connectivity index is 1.61. The van der Waals surface area contributed by atoms with Crippen LogP contribution in [0, 0.1) is 15.9 Å². The van der Waals surface area contributed by atoms with Crippen LogP contribution in [0.2, 0.25) is 0 Å². The lowest BCUT2D eigenvalue weighted by Gasteiger charge is -2.18. The lowest BCUT2D eigenvalue weighted by Crippen LogP contribution is -2.48. The molecule has 1 unspecified atom stereocenters. The van der Waals surface area contributed by atoms with Crippen LogP contribution in [0.3, 0.4) is 0 Å². The van der Waals surface area contributed by atoms with Crippen molar-refractivity contribution >= 4 is 34.1 Å². The van der Waals surface area contributed by atoms with Crippen LogP contribution in [0.4, 0.5) is 15.8 Å². The zero-order valence-electron chi connectivity index (χ0n) is 16.8. The highest BCUT2D eigenvalue weighted by Gasteiger charge is 2.21. The molecular weight excluding hydrogens is 405 g/mol. The molecule has 1 aromatic heterocycles. The SMILES string of the molecule is CC(=O)NC(Cc1c[nH]c2cc(F)ccc12)C(=O)NCCNc1ccccc1[N+](=O)[O-]. The number of aromatic nitrogens is 1. The van der Waals surface area contributed by atoms with Crippen LogP contribution in [0.1, 0.15) is 12.5 Å². The molecule has 4 N–H and O–H groups in total. The molecule has 0 radical (unpaired) electrons. The summed E-state index contributed by atoms with van der Waals surface area (Å²) in [6.07, 6.45) is 1.90. The summed E-state index contributed by atoms with van der Waals surface area (Å²) in [4.78, 5) is 37.8. The average Bonchev–Trinajstić information content (AvgIpc) is 3.12. The Morgan fingerprint density at radius 1 is 1.19 bits per heavy atom. The highest BCUT2D eigenvalue weighted by molar-refractivity contribution is 5.89. The van der Waals surface area contributed by atoms with E-state index in [0.717, 1.165) is 10.9 Å². The quantitative estimate of drug-likeness (QED) is 0.237. The smallest absolute Gasteiger partial charge is 0.292 e. The van der Waals surface area contributed by atoms with Gasteiger partial charge in [-0.2, -0.15) is 0 Å². The number of nitro benzene ring substituents is 1. The molecule has 10 heteroatoms. The number of carbonyl (C=O) groups excluding carboxylic acids is 2. The summed E-state index contributed by atoms with van der Waals surface area (Å²) >= 11 is 0. The van der Waals surface area contributed by atoms with Crippen molar-refractivity contribution in [2.24, 2.45) is 0 Å². The number of hydrogen-bond acceptors (Lipinski definition) is 5. The summed E-state index contributed by atoms with van der Waals surface area (Å²) in [5.74, 6) is -1.12. The molecule has 3 aromatic rings. The molecule has 1 atom stereocenters. The summed E-state index contributed by atoms with van der Waals surface area (Å²) in [6.45, 7) is 1.77. The van der Waals surface area contributed by atoms with E-state index < -0.39 is 16.9 Å². The van der Waals surface area contributed by atoms with E-state index >= 15 is 0 Å². The molecule has 31 heavy (non-hydrogen) atoms. The number of halogens is 1. The minimum absolute atomic E-state index is 0.0549. The van der Waals surface area contributed by atoms with Gasteiger partial charge in [-0.25, -0.2) is 4.39 Å². The molecule has 162 valence electrons. The molecule has 0 fully saturated rings. The minimum Gasteiger partial charge on any atom is -0.378 e. The number of nitrogens with one attached hydrogen (secondary N) is 4. The van der Waals surface area contributed by atoms with Gasteiger partial charge in [0.2, 0.25) is 11.8 Å². The molecule has 3 rings (SSSR count). The number of para-hydroxylation sites is 2. The van der Waals surface area contributed by atoms with E-state index in [1.807, 2.05) is 0 Å². The largest absolute Gasteiger partial charge is 0.378 e. The molecule has 0 aliphatic rings. The first-order valence-electron chi connectivity index (χ1n) is 9.62. The number of carbonyl (C=O) groups is 2. The van der Waals surface area contributed by atoms with Crippen molar-refractivity contribution in [2.45, 2.75) is 19.4 Å². The van der Waals surface area contributed by atoms with E-state index in [2.05, 4.69) is 20.9 Å². The van der Waals surface area contributed by atoms with Crippen LogP contribution in [0.25, 0.3) is 10.9 Å². The van der Waals surface area contributed by atoms with Gasteiger partial charge < -0.3 is 20.9 Å². The summed E-state index contributed by atoms with van der Waals surface area (Å²) in [5, 5.41) is 20.1. The molecule has 0 saturated carbocycles. The second-order valence-corrected chi connectivity index (χ2v) is 6.95. The van der Waals surface area contributed by atoms with Crippen molar-refractivity contribution in [3.05, 3.63) is 70.2 Å².